The number of nitrogens with one attached hydrogen (secondary N) is 1. The summed E-state index contributed by atoms with van der Waals surface area (Å²) in [6, 6.07) is 16.3. The number of hydrogen-bond donors (Lipinski definition) is 1. The van der Waals surface area contributed by atoms with E-state index in [1.165, 1.54) is 0 Å². The first-order chi connectivity index (χ1) is 14.6. The molecule has 1 aromatic heterocycles. The van der Waals surface area contributed by atoms with Crippen LogP contribution in [0.5, 0.6) is 5.75 Å². The van der Waals surface area contributed by atoms with Crippen molar-refractivity contribution in [3.63, 3.8) is 0 Å². The van der Waals surface area contributed by atoms with Crippen LogP contribution in [0, 0.1) is 12.8 Å². The van der Waals surface area contributed by atoms with Crippen LogP contribution in [0.25, 0.3) is 11.0 Å². The molecule has 160 valence electrons. The van der Waals surface area contributed by atoms with Crippen LogP contribution in [-0.2, 0) is 17.8 Å². The number of imidazole rings is 1. The molecule has 0 aliphatic rings. The van der Waals surface area contributed by atoms with Gasteiger partial charge in [-0.3, -0.25) is 4.79 Å². The van der Waals surface area contributed by atoms with E-state index in [1.807, 2.05) is 36.4 Å². The van der Waals surface area contributed by atoms with Gasteiger partial charge in [0.25, 0.3) is 0 Å². The number of hydrogen-bond acceptors (Lipinski definition) is 3. The highest BCUT2D eigenvalue weighted by Crippen LogP contribution is 2.19. The van der Waals surface area contributed by atoms with E-state index in [4.69, 9.17) is 9.72 Å². The van der Waals surface area contributed by atoms with E-state index >= 15 is 0 Å². The van der Waals surface area contributed by atoms with Gasteiger partial charge in [-0.15, -0.1) is 0 Å². The van der Waals surface area contributed by atoms with Crippen molar-refractivity contribution in [2.45, 2.75) is 53.0 Å². The Labute approximate surface area is 179 Å². The number of rotatable bonds is 11. The summed E-state index contributed by atoms with van der Waals surface area (Å²) in [5.74, 6) is 2.20. The second-order valence-electron chi connectivity index (χ2n) is 7.69. The minimum Gasteiger partial charge on any atom is -0.493 e. The van der Waals surface area contributed by atoms with Gasteiger partial charge < -0.3 is 14.6 Å². The number of amides is 1. The predicted octanol–water partition coefficient (Wildman–Crippen LogP) is 4.91. The third-order valence-electron chi connectivity index (χ3n) is 5.62. The second kappa shape index (κ2) is 10.8. The van der Waals surface area contributed by atoms with Gasteiger partial charge in [0.05, 0.1) is 17.6 Å². The Kier molecular flexibility index (Phi) is 7.89. The summed E-state index contributed by atoms with van der Waals surface area (Å²) in [4.78, 5) is 17.1. The minimum absolute atomic E-state index is 0.0995. The van der Waals surface area contributed by atoms with E-state index in [2.05, 4.69) is 42.8 Å². The van der Waals surface area contributed by atoms with E-state index in [-0.39, 0.29) is 11.8 Å². The molecule has 0 spiro atoms. The van der Waals surface area contributed by atoms with Crippen LogP contribution in [-0.4, -0.2) is 28.6 Å². The highest BCUT2D eigenvalue weighted by atomic mass is 16.5. The topological polar surface area (TPSA) is 56.2 Å². The maximum atomic E-state index is 12.3. The summed E-state index contributed by atoms with van der Waals surface area (Å²) in [5, 5.41) is 3.08. The molecule has 0 fully saturated rings. The Bertz CT molecular complexity index is 960. The highest BCUT2D eigenvalue weighted by Gasteiger charge is 2.15. The van der Waals surface area contributed by atoms with Gasteiger partial charge in [0.2, 0.25) is 5.91 Å². The maximum Gasteiger partial charge on any atom is 0.223 e. The summed E-state index contributed by atoms with van der Waals surface area (Å²) in [6.45, 7) is 8.29. The molecule has 0 aliphatic carbocycles. The molecule has 0 bridgehead atoms. The number of fused-ring (bicyclic) bond motifs is 1. The quantitative estimate of drug-likeness (QED) is 0.460. The standard InChI is InChI=1S/C25H33N3O2/c1-4-20(5-2)25(29)26-16-15-24-27-21-12-7-8-13-22(21)28(24)17-10-18-30-23-14-9-6-11-19(23)3/h6-9,11-14,20H,4-5,10,15-18H2,1-3H3,(H,26,29). The van der Waals surface area contributed by atoms with Gasteiger partial charge in [0.15, 0.2) is 0 Å². The molecule has 0 atom stereocenters. The molecule has 0 saturated heterocycles. The van der Waals surface area contributed by atoms with Crippen LogP contribution in [0.2, 0.25) is 0 Å². The minimum atomic E-state index is 0.0995. The molecular weight excluding hydrogens is 374 g/mol. The average Bonchev–Trinajstić information content (AvgIpc) is 3.10. The molecule has 30 heavy (non-hydrogen) atoms. The smallest absolute Gasteiger partial charge is 0.223 e. The summed E-state index contributed by atoms with van der Waals surface area (Å²) in [7, 11) is 0. The van der Waals surface area contributed by atoms with E-state index in [0.29, 0.717) is 13.2 Å². The first-order valence-electron chi connectivity index (χ1n) is 11.0. The zero-order valence-corrected chi connectivity index (χ0v) is 18.4. The summed E-state index contributed by atoms with van der Waals surface area (Å²) in [6.07, 6.45) is 3.37. The molecule has 0 unspecified atom stereocenters. The Balaban J connectivity index is 1.61. The molecule has 5 nitrogen and oxygen atoms in total. The predicted molar refractivity (Wildman–Crippen MR) is 122 cm³/mol. The van der Waals surface area contributed by atoms with Crippen molar-refractivity contribution in [3.05, 3.63) is 59.9 Å². The van der Waals surface area contributed by atoms with Gasteiger partial charge in [-0.2, -0.15) is 0 Å². The van der Waals surface area contributed by atoms with Gasteiger partial charge in [0, 0.05) is 25.4 Å². The van der Waals surface area contributed by atoms with Gasteiger partial charge >= 0.3 is 0 Å². The van der Waals surface area contributed by atoms with Gasteiger partial charge in [-0.05, 0) is 49.9 Å². The molecule has 0 saturated carbocycles. The number of nitrogens with zero attached hydrogens (tertiary/aromatic N) is 2. The number of carbonyl (C=O) groups is 1. The number of benzene rings is 2. The van der Waals surface area contributed by atoms with Crippen molar-refractivity contribution in [1.29, 1.82) is 0 Å². The third-order valence-corrected chi connectivity index (χ3v) is 5.62. The van der Waals surface area contributed by atoms with Crippen molar-refractivity contribution in [1.82, 2.24) is 14.9 Å². The highest BCUT2D eigenvalue weighted by molar-refractivity contribution is 5.78. The zero-order valence-electron chi connectivity index (χ0n) is 18.4. The monoisotopic (exact) mass is 407 g/mol. The molecule has 1 N–H and O–H groups in total. The van der Waals surface area contributed by atoms with E-state index in [9.17, 15) is 4.79 Å². The molecule has 3 rings (SSSR count). The first kappa shape index (κ1) is 21.9. The van der Waals surface area contributed by atoms with Crippen LogP contribution in [0.1, 0.15) is 44.5 Å². The summed E-state index contributed by atoms with van der Waals surface area (Å²) in [5.41, 5.74) is 3.29. The Morgan fingerprint density at radius 1 is 1.10 bits per heavy atom. The van der Waals surface area contributed by atoms with Crippen molar-refractivity contribution >= 4 is 16.9 Å². The lowest BCUT2D eigenvalue weighted by Gasteiger charge is -2.14. The van der Waals surface area contributed by atoms with E-state index < -0.39 is 0 Å². The zero-order chi connectivity index (χ0) is 21.3. The Morgan fingerprint density at radius 3 is 2.60 bits per heavy atom. The van der Waals surface area contributed by atoms with Gasteiger partial charge in [-0.25, -0.2) is 4.98 Å². The average molecular weight is 408 g/mol. The third kappa shape index (κ3) is 5.41. The van der Waals surface area contributed by atoms with Crippen molar-refractivity contribution < 1.29 is 9.53 Å². The lowest BCUT2D eigenvalue weighted by Crippen LogP contribution is -2.32. The van der Waals surface area contributed by atoms with Crippen LogP contribution in [0.4, 0.5) is 0 Å². The van der Waals surface area contributed by atoms with E-state index in [1.54, 1.807) is 0 Å². The van der Waals surface area contributed by atoms with Crippen LogP contribution in [0.3, 0.4) is 0 Å². The number of para-hydroxylation sites is 3. The molecule has 3 aromatic rings. The van der Waals surface area contributed by atoms with Crippen LogP contribution < -0.4 is 10.1 Å². The fourth-order valence-electron chi connectivity index (χ4n) is 3.79. The summed E-state index contributed by atoms with van der Waals surface area (Å²) >= 11 is 0. The van der Waals surface area contributed by atoms with Gasteiger partial charge in [-0.1, -0.05) is 44.2 Å². The number of carbonyl (C=O) groups excluding carboxylic acids is 1. The Hall–Kier alpha value is -2.82. The number of ether oxygens (including phenoxy) is 1. The fraction of sp³-hybridized carbons (Fsp3) is 0.440. The maximum absolute atomic E-state index is 12.3. The van der Waals surface area contributed by atoms with Crippen molar-refractivity contribution in [2.24, 2.45) is 5.92 Å². The fourth-order valence-corrected chi connectivity index (χ4v) is 3.79. The SMILES string of the molecule is CCC(CC)C(=O)NCCc1nc2ccccc2n1CCCOc1ccccc1C. The Morgan fingerprint density at radius 2 is 1.83 bits per heavy atom. The molecule has 0 radical (unpaired) electrons. The molecule has 1 amide bonds. The lowest BCUT2D eigenvalue weighted by atomic mass is 10.0. The van der Waals surface area contributed by atoms with Crippen LogP contribution >= 0.6 is 0 Å². The summed E-state index contributed by atoms with van der Waals surface area (Å²) < 4.78 is 8.22. The van der Waals surface area contributed by atoms with Crippen molar-refractivity contribution in [2.75, 3.05) is 13.2 Å². The molecular formula is C25H33N3O2. The van der Waals surface area contributed by atoms with E-state index in [0.717, 1.165) is 60.4 Å². The number of aromatic nitrogens is 2. The molecule has 0 aliphatic heterocycles. The van der Waals surface area contributed by atoms with Crippen molar-refractivity contribution in [3.8, 4) is 5.75 Å². The molecule has 1 heterocycles. The molecule has 2 aromatic carbocycles. The second-order valence-corrected chi connectivity index (χ2v) is 7.69. The first-order valence-corrected chi connectivity index (χ1v) is 11.0. The largest absolute Gasteiger partial charge is 0.493 e. The van der Waals surface area contributed by atoms with Gasteiger partial charge in [0.1, 0.15) is 11.6 Å². The lowest BCUT2D eigenvalue weighted by molar-refractivity contribution is -0.125. The van der Waals surface area contributed by atoms with Crippen LogP contribution in [0.15, 0.2) is 48.5 Å². The molecule has 5 heteroatoms. The normalized spacial score (nSPS) is 11.2. The number of aryl methyl sites for hydroxylation is 2.